The number of hydrogen-bond acceptors (Lipinski definition) is 9. The SMILES string of the molecule is COC(=O)CSc1nnc(NC(=O)CN(c2cccc(C)c2)S(=O)(=O)c2ccccc2)s1. The maximum Gasteiger partial charge on any atom is 0.316 e. The number of rotatable bonds is 9. The van der Waals surface area contributed by atoms with Crippen LogP contribution in [0.1, 0.15) is 5.56 Å². The van der Waals surface area contributed by atoms with Gasteiger partial charge in [0, 0.05) is 0 Å². The molecule has 1 N–H and O–H groups in total. The lowest BCUT2D eigenvalue weighted by molar-refractivity contribution is -0.137. The topological polar surface area (TPSA) is 119 Å². The Labute approximate surface area is 193 Å². The first-order chi connectivity index (χ1) is 15.3. The number of carbonyl (C=O) groups is 2. The van der Waals surface area contributed by atoms with E-state index in [0.717, 1.165) is 33.0 Å². The van der Waals surface area contributed by atoms with Crippen molar-refractivity contribution in [3.63, 3.8) is 0 Å². The zero-order valence-corrected chi connectivity index (χ0v) is 19.7. The number of methoxy groups -OCH3 is 1. The molecule has 0 spiro atoms. The van der Waals surface area contributed by atoms with Crippen LogP contribution < -0.4 is 9.62 Å². The molecule has 1 amide bonds. The van der Waals surface area contributed by atoms with Crippen molar-refractivity contribution < 1.29 is 22.7 Å². The third kappa shape index (κ3) is 6.05. The summed E-state index contributed by atoms with van der Waals surface area (Å²) in [5.74, 6) is -0.919. The van der Waals surface area contributed by atoms with Gasteiger partial charge < -0.3 is 4.74 Å². The van der Waals surface area contributed by atoms with Crippen molar-refractivity contribution in [1.82, 2.24) is 10.2 Å². The number of aromatic nitrogens is 2. The minimum atomic E-state index is -3.99. The van der Waals surface area contributed by atoms with Gasteiger partial charge in [0.2, 0.25) is 11.0 Å². The molecule has 3 rings (SSSR count). The summed E-state index contributed by atoms with van der Waals surface area (Å²) in [5, 5.41) is 10.5. The highest BCUT2D eigenvalue weighted by Gasteiger charge is 2.27. The Balaban J connectivity index is 1.79. The number of thioether (sulfide) groups is 1. The van der Waals surface area contributed by atoms with Gasteiger partial charge in [0.05, 0.1) is 23.4 Å². The normalized spacial score (nSPS) is 11.1. The van der Waals surface area contributed by atoms with E-state index in [9.17, 15) is 18.0 Å². The van der Waals surface area contributed by atoms with Crippen LogP contribution in [0.5, 0.6) is 0 Å². The number of anilines is 2. The van der Waals surface area contributed by atoms with Gasteiger partial charge in [-0.3, -0.25) is 19.2 Å². The van der Waals surface area contributed by atoms with Crippen molar-refractivity contribution in [2.75, 3.05) is 29.0 Å². The van der Waals surface area contributed by atoms with E-state index in [1.165, 1.54) is 19.2 Å². The third-order valence-corrected chi connectivity index (χ3v) is 7.84. The maximum absolute atomic E-state index is 13.3. The molecule has 2 aromatic carbocycles. The minimum Gasteiger partial charge on any atom is -0.468 e. The minimum absolute atomic E-state index is 0.0650. The first kappa shape index (κ1) is 23.7. The van der Waals surface area contributed by atoms with Crippen LogP contribution in [0, 0.1) is 6.92 Å². The molecule has 0 unspecified atom stereocenters. The number of carbonyl (C=O) groups excluding carboxylic acids is 2. The van der Waals surface area contributed by atoms with Crippen LogP contribution in [0.25, 0.3) is 0 Å². The monoisotopic (exact) mass is 492 g/mol. The van der Waals surface area contributed by atoms with Crippen molar-refractivity contribution >= 4 is 55.8 Å². The summed E-state index contributed by atoms with van der Waals surface area (Å²) in [6, 6.07) is 14.8. The van der Waals surface area contributed by atoms with Gasteiger partial charge in [0.25, 0.3) is 10.0 Å². The highest BCUT2D eigenvalue weighted by Crippen LogP contribution is 2.27. The van der Waals surface area contributed by atoms with Gasteiger partial charge in [-0.25, -0.2) is 8.42 Å². The predicted octanol–water partition coefficient (Wildman–Crippen LogP) is 2.95. The van der Waals surface area contributed by atoms with E-state index in [1.807, 2.05) is 13.0 Å². The van der Waals surface area contributed by atoms with E-state index in [4.69, 9.17) is 0 Å². The fraction of sp³-hybridized carbons (Fsp3) is 0.200. The summed E-state index contributed by atoms with van der Waals surface area (Å²) in [6.07, 6.45) is 0. The first-order valence-electron chi connectivity index (χ1n) is 9.27. The molecule has 0 saturated carbocycles. The number of aryl methyl sites for hydroxylation is 1. The lowest BCUT2D eigenvalue weighted by atomic mass is 10.2. The lowest BCUT2D eigenvalue weighted by Crippen LogP contribution is -2.38. The van der Waals surface area contributed by atoms with E-state index < -0.39 is 28.4 Å². The van der Waals surface area contributed by atoms with Crippen molar-refractivity contribution in [1.29, 1.82) is 0 Å². The van der Waals surface area contributed by atoms with Crippen LogP contribution >= 0.6 is 23.1 Å². The predicted molar refractivity (Wildman–Crippen MR) is 123 cm³/mol. The van der Waals surface area contributed by atoms with E-state index in [-0.39, 0.29) is 15.8 Å². The van der Waals surface area contributed by atoms with Crippen LogP contribution in [-0.4, -0.2) is 49.9 Å². The van der Waals surface area contributed by atoms with E-state index in [2.05, 4.69) is 20.3 Å². The molecule has 0 aliphatic carbocycles. The van der Waals surface area contributed by atoms with Gasteiger partial charge >= 0.3 is 5.97 Å². The van der Waals surface area contributed by atoms with Crippen LogP contribution in [-0.2, 0) is 24.3 Å². The molecule has 3 aromatic rings. The number of ether oxygens (including phenoxy) is 1. The van der Waals surface area contributed by atoms with Gasteiger partial charge in [0.15, 0.2) is 4.34 Å². The fourth-order valence-electron chi connectivity index (χ4n) is 2.61. The van der Waals surface area contributed by atoms with Gasteiger partial charge in [-0.15, -0.1) is 10.2 Å². The van der Waals surface area contributed by atoms with E-state index >= 15 is 0 Å². The average molecular weight is 493 g/mol. The van der Waals surface area contributed by atoms with Gasteiger partial charge in [-0.05, 0) is 36.8 Å². The van der Waals surface area contributed by atoms with E-state index in [0.29, 0.717) is 10.0 Å². The number of hydrogen-bond donors (Lipinski definition) is 1. The van der Waals surface area contributed by atoms with Crippen molar-refractivity contribution in [3.8, 4) is 0 Å². The molecule has 0 radical (unpaired) electrons. The lowest BCUT2D eigenvalue weighted by Gasteiger charge is -2.24. The summed E-state index contributed by atoms with van der Waals surface area (Å²) in [4.78, 5) is 24.0. The summed E-state index contributed by atoms with van der Waals surface area (Å²) in [5.41, 5.74) is 1.23. The number of benzene rings is 2. The van der Waals surface area contributed by atoms with Crippen LogP contribution in [0.15, 0.2) is 63.8 Å². The Bertz CT molecular complexity index is 1200. The van der Waals surface area contributed by atoms with E-state index in [1.54, 1.807) is 36.4 Å². The molecule has 0 aliphatic heterocycles. The third-order valence-electron chi connectivity index (χ3n) is 4.10. The molecule has 12 heteroatoms. The standard InChI is InChI=1S/C20H20N4O5S3/c1-14-7-6-8-15(11-14)24(32(27,28)16-9-4-3-5-10-16)12-17(25)21-19-22-23-20(31-19)30-13-18(26)29-2/h3-11H,12-13H2,1-2H3,(H,21,22,25). The van der Waals surface area contributed by atoms with Crippen LogP contribution in [0.2, 0.25) is 0 Å². The zero-order valence-electron chi connectivity index (χ0n) is 17.2. The average Bonchev–Trinajstić information content (AvgIpc) is 3.23. The molecule has 0 bridgehead atoms. The molecular formula is C20H20N4O5S3. The van der Waals surface area contributed by atoms with Crippen LogP contribution in [0.4, 0.5) is 10.8 Å². The molecule has 0 saturated heterocycles. The summed E-state index contributed by atoms with van der Waals surface area (Å²) < 4.78 is 32.7. The number of nitrogens with one attached hydrogen (secondary N) is 1. The Kier molecular flexibility index (Phi) is 7.83. The number of nitrogens with zero attached hydrogens (tertiary/aromatic N) is 3. The second-order valence-electron chi connectivity index (χ2n) is 6.45. The smallest absolute Gasteiger partial charge is 0.316 e. The first-order valence-corrected chi connectivity index (χ1v) is 12.5. The van der Waals surface area contributed by atoms with Gasteiger partial charge in [0.1, 0.15) is 6.54 Å². The second kappa shape index (κ2) is 10.6. The van der Waals surface area contributed by atoms with Gasteiger partial charge in [-0.2, -0.15) is 0 Å². The summed E-state index contributed by atoms with van der Waals surface area (Å²) in [6.45, 7) is 1.39. The van der Waals surface area contributed by atoms with Crippen molar-refractivity contribution in [2.24, 2.45) is 0 Å². The van der Waals surface area contributed by atoms with Crippen LogP contribution in [0.3, 0.4) is 0 Å². The molecule has 1 heterocycles. The highest BCUT2D eigenvalue weighted by molar-refractivity contribution is 8.01. The zero-order chi connectivity index (χ0) is 23.1. The van der Waals surface area contributed by atoms with Crippen molar-refractivity contribution in [2.45, 2.75) is 16.2 Å². The molecule has 0 aliphatic rings. The molecule has 0 fully saturated rings. The summed E-state index contributed by atoms with van der Waals surface area (Å²) in [7, 11) is -2.70. The van der Waals surface area contributed by atoms with Gasteiger partial charge in [-0.1, -0.05) is 53.4 Å². The second-order valence-corrected chi connectivity index (χ2v) is 10.5. The number of amides is 1. The van der Waals surface area contributed by atoms with Crippen molar-refractivity contribution in [3.05, 3.63) is 60.2 Å². The highest BCUT2D eigenvalue weighted by atomic mass is 32.2. The molecule has 32 heavy (non-hydrogen) atoms. The largest absolute Gasteiger partial charge is 0.468 e. The Morgan fingerprint density at radius 3 is 2.56 bits per heavy atom. The molecule has 168 valence electrons. The number of esters is 1. The quantitative estimate of drug-likeness (QED) is 0.275. The maximum atomic E-state index is 13.3. The molecule has 1 aromatic heterocycles. The molecule has 0 atom stereocenters. The molecule has 9 nitrogen and oxygen atoms in total. The Hall–Kier alpha value is -2.96. The fourth-order valence-corrected chi connectivity index (χ4v) is 5.64. The Morgan fingerprint density at radius 2 is 1.88 bits per heavy atom. The number of sulfonamides is 1. The Morgan fingerprint density at radius 1 is 1.12 bits per heavy atom. The molecular weight excluding hydrogens is 472 g/mol. The summed E-state index contributed by atoms with van der Waals surface area (Å²) >= 11 is 2.20.